The molecule has 0 amide bonds. The topological polar surface area (TPSA) is 75.1 Å². The molecule has 19 heavy (non-hydrogen) atoms. The first kappa shape index (κ1) is 15.4. The third kappa shape index (κ3) is 4.85. The minimum atomic E-state index is -0.876. The van der Waals surface area contributed by atoms with Gasteiger partial charge in [-0.3, -0.25) is 0 Å². The minimum absolute atomic E-state index is 0.0872. The Bertz CT molecular complexity index is 439. The molecule has 0 fully saturated rings. The molecule has 0 spiro atoms. The van der Waals surface area contributed by atoms with Crippen molar-refractivity contribution in [3.8, 4) is 0 Å². The maximum atomic E-state index is 11.2. The first-order chi connectivity index (χ1) is 8.70. The number of nitrogens with one attached hydrogen (secondary N) is 1. The molecule has 0 saturated heterocycles. The van der Waals surface area contributed by atoms with Crippen LogP contribution in [-0.4, -0.2) is 27.1 Å². The molecule has 0 aliphatic carbocycles. The van der Waals surface area contributed by atoms with Crippen LogP contribution >= 0.6 is 0 Å². The van der Waals surface area contributed by atoms with E-state index in [9.17, 15) is 9.90 Å². The van der Waals surface area contributed by atoms with E-state index in [4.69, 9.17) is 0 Å². The summed E-state index contributed by atoms with van der Waals surface area (Å²) in [6.45, 7) is 10.2. The summed E-state index contributed by atoms with van der Waals surface area (Å²) >= 11 is 0. The highest BCUT2D eigenvalue weighted by Crippen LogP contribution is 2.20. The summed E-state index contributed by atoms with van der Waals surface area (Å²) in [6.07, 6.45) is 2.20. The molecule has 2 N–H and O–H groups in total. The van der Waals surface area contributed by atoms with Crippen LogP contribution < -0.4 is 5.32 Å². The van der Waals surface area contributed by atoms with E-state index in [-0.39, 0.29) is 5.41 Å². The average Bonchev–Trinajstić information content (AvgIpc) is 2.26. The third-order valence-corrected chi connectivity index (χ3v) is 2.73. The lowest BCUT2D eigenvalue weighted by molar-refractivity contribution is -0.138. The van der Waals surface area contributed by atoms with Gasteiger partial charge in [0, 0.05) is 11.6 Å². The SMILES string of the molecule is CC(C)C[C@H](Nc1nccc(C(C)(C)C)n1)C(=O)O. The van der Waals surface area contributed by atoms with E-state index in [1.54, 1.807) is 6.20 Å². The molecule has 5 heteroatoms. The van der Waals surface area contributed by atoms with E-state index in [2.05, 4.69) is 36.1 Å². The third-order valence-electron chi connectivity index (χ3n) is 2.73. The summed E-state index contributed by atoms with van der Waals surface area (Å²) in [5, 5.41) is 12.1. The number of carboxylic acid groups (broad SMARTS) is 1. The zero-order valence-corrected chi connectivity index (χ0v) is 12.3. The van der Waals surface area contributed by atoms with Crippen molar-refractivity contribution in [2.24, 2.45) is 5.92 Å². The summed E-state index contributed by atoms with van der Waals surface area (Å²) < 4.78 is 0. The molecule has 1 atom stereocenters. The number of rotatable bonds is 5. The normalized spacial score (nSPS) is 13.4. The molecule has 0 bridgehead atoms. The number of nitrogens with zero attached hydrogens (tertiary/aromatic N) is 2. The lowest BCUT2D eigenvalue weighted by atomic mass is 9.92. The van der Waals surface area contributed by atoms with E-state index in [0.717, 1.165) is 5.69 Å². The average molecular weight is 265 g/mol. The van der Waals surface area contributed by atoms with Gasteiger partial charge in [-0.2, -0.15) is 0 Å². The molecule has 0 aromatic carbocycles. The standard InChI is InChI=1S/C14H23N3O2/c1-9(2)8-10(12(18)19)16-13-15-7-6-11(17-13)14(3,4)5/h6-7,9-10H,8H2,1-5H3,(H,18,19)(H,15,16,17)/t10-/m0/s1. The van der Waals surface area contributed by atoms with Gasteiger partial charge in [0.05, 0.1) is 5.69 Å². The first-order valence-corrected chi connectivity index (χ1v) is 6.53. The second-order valence-electron chi connectivity index (χ2n) is 6.18. The number of aromatic nitrogens is 2. The highest BCUT2D eigenvalue weighted by Gasteiger charge is 2.21. The van der Waals surface area contributed by atoms with Crippen LogP contribution in [0.25, 0.3) is 0 Å². The maximum Gasteiger partial charge on any atom is 0.326 e. The second kappa shape index (κ2) is 5.99. The highest BCUT2D eigenvalue weighted by atomic mass is 16.4. The van der Waals surface area contributed by atoms with Gasteiger partial charge in [-0.15, -0.1) is 0 Å². The second-order valence-corrected chi connectivity index (χ2v) is 6.18. The Kier molecular flexibility index (Phi) is 4.86. The largest absolute Gasteiger partial charge is 0.480 e. The predicted octanol–water partition coefficient (Wildman–Crippen LogP) is 2.69. The van der Waals surface area contributed by atoms with Crippen molar-refractivity contribution in [2.45, 2.75) is 52.5 Å². The van der Waals surface area contributed by atoms with Crippen molar-refractivity contribution in [1.29, 1.82) is 0 Å². The Balaban J connectivity index is 2.88. The van der Waals surface area contributed by atoms with Crippen molar-refractivity contribution in [3.05, 3.63) is 18.0 Å². The molecular formula is C14H23N3O2. The first-order valence-electron chi connectivity index (χ1n) is 6.53. The summed E-state index contributed by atoms with van der Waals surface area (Å²) in [6, 6.07) is 1.19. The fourth-order valence-corrected chi connectivity index (χ4v) is 1.69. The monoisotopic (exact) mass is 265 g/mol. The predicted molar refractivity (Wildman–Crippen MR) is 75.2 cm³/mol. The summed E-state index contributed by atoms with van der Waals surface area (Å²) in [4.78, 5) is 19.7. The number of carboxylic acids is 1. The maximum absolute atomic E-state index is 11.2. The van der Waals surface area contributed by atoms with Gasteiger partial charge >= 0.3 is 5.97 Å². The fourth-order valence-electron chi connectivity index (χ4n) is 1.69. The molecule has 0 aliphatic rings. The number of aliphatic carboxylic acids is 1. The van der Waals surface area contributed by atoms with Crippen LogP contribution in [0.2, 0.25) is 0 Å². The molecule has 106 valence electrons. The van der Waals surface area contributed by atoms with Gasteiger partial charge in [-0.05, 0) is 18.4 Å². The molecule has 0 aliphatic heterocycles. The van der Waals surface area contributed by atoms with Gasteiger partial charge in [0.25, 0.3) is 0 Å². The molecule has 1 aromatic rings. The van der Waals surface area contributed by atoms with Gasteiger partial charge in [-0.25, -0.2) is 14.8 Å². The fraction of sp³-hybridized carbons (Fsp3) is 0.643. The Morgan fingerprint density at radius 3 is 2.53 bits per heavy atom. The van der Waals surface area contributed by atoms with Crippen LogP contribution in [-0.2, 0) is 10.2 Å². The Hall–Kier alpha value is -1.65. The molecular weight excluding hydrogens is 242 g/mol. The molecule has 1 aromatic heterocycles. The molecule has 0 saturated carbocycles. The van der Waals surface area contributed by atoms with Crippen molar-refractivity contribution < 1.29 is 9.90 Å². The van der Waals surface area contributed by atoms with Crippen LogP contribution in [0.1, 0.15) is 46.7 Å². The Labute approximate surface area is 114 Å². The zero-order valence-electron chi connectivity index (χ0n) is 12.3. The lowest BCUT2D eigenvalue weighted by Crippen LogP contribution is -2.31. The molecule has 0 unspecified atom stereocenters. The molecule has 0 radical (unpaired) electrons. The van der Waals surface area contributed by atoms with Crippen molar-refractivity contribution >= 4 is 11.9 Å². The van der Waals surface area contributed by atoms with Crippen LogP contribution in [0.3, 0.4) is 0 Å². The van der Waals surface area contributed by atoms with E-state index >= 15 is 0 Å². The minimum Gasteiger partial charge on any atom is -0.480 e. The van der Waals surface area contributed by atoms with Gasteiger partial charge in [0.15, 0.2) is 0 Å². The summed E-state index contributed by atoms with van der Waals surface area (Å²) in [5.74, 6) is -0.210. The van der Waals surface area contributed by atoms with Gasteiger partial charge < -0.3 is 10.4 Å². The van der Waals surface area contributed by atoms with Crippen LogP contribution in [0.5, 0.6) is 0 Å². The van der Waals surface area contributed by atoms with Crippen LogP contribution in [0.4, 0.5) is 5.95 Å². The molecule has 5 nitrogen and oxygen atoms in total. The number of hydrogen-bond donors (Lipinski definition) is 2. The van der Waals surface area contributed by atoms with E-state index in [1.165, 1.54) is 0 Å². The van der Waals surface area contributed by atoms with Gasteiger partial charge in [0.2, 0.25) is 5.95 Å². The van der Waals surface area contributed by atoms with Crippen LogP contribution in [0.15, 0.2) is 12.3 Å². The summed E-state index contributed by atoms with van der Waals surface area (Å²) in [5.41, 5.74) is 0.801. The Morgan fingerprint density at radius 2 is 2.05 bits per heavy atom. The van der Waals surface area contributed by atoms with E-state index < -0.39 is 12.0 Å². The van der Waals surface area contributed by atoms with Gasteiger partial charge in [-0.1, -0.05) is 34.6 Å². The number of anilines is 1. The Morgan fingerprint density at radius 1 is 1.42 bits per heavy atom. The summed E-state index contributed by atoms with van der Waals surface area (Å²) in [7, 11) is 0. The van der Waals surface area contributed by atoms with Crippen LogP contribution in [0, 0.1) is 5.92 Å². The van der Waals surface area contributed by atoms with E-state index in [0.29, 0.717) is 18.3 Å². The molecule has 1 rings (SSSR count). The van der Waals surface area contributed by atoms with Crippen molar-refractivity contribution in [3.63, 3.8) is 0 Å². The number of carbonyl (C=O) groups is 1. The lowest BCUT2D eigenvalue weighted by Gasteiger charge is -2.20. The highest BCUT2D eigenvalue weighted by molar-refractivity contribution is 5.76. The quantitative estimate of drug-likeness (QED) is 0.856. The zero-order chi connectivity index (χ0) is 14.6. The molecule has 1 heterocycles. The van der Waals surface area contributed by atoms with Gasteiger partial charge in [0.1, 0.15) is 6.04 Å². The van der Waals surface area contributed by atoms with Crippen molar-refractivity contribution in [1.82, 2.24) is 9.97 Å². The number of hydrogen-bond acceptors (Lipinski definition) is 4. The van der Waals surface area contributed by atoms with Crippen molar-refractivity contribution in [2.75, 3.05) is 5.32 Å². The smallest absolute Gasteiger partial charge is 0.326 e. The van der Waals surface area contributed by atoms with E-state index in [1.807, 2.05) is 19.9 Å².